The van der Waals surface area contributed by atoms with Crippen LogP contribution in [0.25, 0.3) is 21.7 Å². The second-order valence-corrected chi connectivity index (χ2v) is 3.91. The van der Waals surface area contributed by atoms with Gasteiger partial charge >= 0.3 is 0 Å². The minimum Gasteiger partial charge on any atom is -0.464 e. The Hall–Kier alpha value is -2.02. The summed E-state index contributed by atoms with van der Waals surface area (Å²) < 4.78 is 5.56. The molecule has 1 aromatic heterocycles. The molecule has 0 spiro atoms. The van der Waals surface area contributed by atoms with Crippen molar-refractivity contribution >= 4 is 21.7 Å². The summed E-state index contributed by atoms with van der Waals surface area (Å²) in [5.74, 6) is 0. The Bertz CT molecular complexity index is 661. The van der Waals surface area contributed by atoms with E-state index in [1.165, 1.54) is 21.7 Å². The number of benzene rings is 2. The fraction of sp³-hybridized carbons (Fsp3) is 0.0667. The predicted octanol–water partition coefficient (Wildman–Crippen LogP) is 4.31. The van der Waals surface area contributed by atoms with E-state index in [2.05, 4.69) is 36.9 Å². The molecule has 0 aliphatic heterocycles. The minimum absolute atomic E-state index is 0.848. The first-order valence-electron chi connectivity index (χ1n) is 5.39. The quantitative estimate of drug-likeness (QED) is 0.572. The van der Waals surface area contributed by atoms with E-state index in [9.17, 15) is 0 Å². The summed E-state index contributed by atoms with van der Waals surface area (Å²) in [5, 5.41) is 3.73. The topological polar surface area (TPSA) is 13.1 Å². The molecule has 0 amide bonds. The molecule has 0 saturated heterocycles. The average molecular weight is 208 g/mol. The molecular weight excluding hydrogens is 196 g/mol. The molecule has 0 unspecified atom stereocenters. The third kappa shape index (κ3) is 1.25. The van der Waals surface area contributed by atoms with Crippen LogP contribution in [0.3, 0.4) is 0 Å². The predicted molar refractivity (Wildman–Crippen MR) is 67.6 cm³/mol. The SMILES string of the molecule is C=CCc1coc2ccc3ccccc3c12. The molecule has 0 atom stereocenters. The summed E-state index contributed by atoms with van der Waals surface area (Å²) >= 11 is 0. The first-order valence-corrected chi connectivity index (χ1v) is 5.39. The lowest BCUT2D eigenvalue weighted by Crippen LogP contribution is -1.79. The van der Waals surface area contributed by atoms with Gasteiger partial charge in [-0.25, -0.2) is 0 Å². The van der Waals surface area contributed by atoms with Crippen molar-refractivity contribution in [3.63, 3.8) is 0 Å². The molecule has 3 aromatic rings. The van der Waals surface area contributed by atoms with Gasteiger partial charge in [0, 0.05) is 10.9 Å². The minimum atomic E-state index is 0.848. The maximum atomic E-state index is 5.56. The van der Waals surface area contributed by atoms with Crippen LogP contribution in [-0.4, -0.2) is 0 Å². The monoisotopic (exact) mass is 208 g/mol. The van der Waals surface area contributed by atoms with Crippen molar-refractivity contribution in [2.45, 2.75) is 6.42 Å². The first kappa shape index (κ1) is 9.22. The van der Waals surface area contributed by atoms with Crippen LogP contribution in [0.1, 0.15) is 5.56 Å². The van der Waals surface area contributed by atoms with E-state index in [1.54, 1.807) is 0 Å². The Morgan fingerprint density at radius 1 is 1.12 bits per heavy atom. The van der Waals surface area contributed by atoms with Crippen LogP contribution in [-0.2, 0) is 6.42 Å². The Kier molecular flexibility index (Phi) is 2.03. The summed E-state index contributed by atoms with van der Waals surface area (Å²) in [7, 11) is 0. The summed E-state index contributed by atoms with van der Waals surface area (Å²) in [4.78, 5) is 0. The molecule has 0 aliphatic carbocycles. The molecular formula is C15H12O. The lowest BCUT2D eigenvalue weighted by molar-refractivity contribution is 0.612. The van der Waals surface area contributed by atoms with Gasteiger partial charge < -0.3 is 4.42 Å². The molecule has 1 heteroatoms. The van der Waals surface area contributed by atoms with E-state index in [0.29, 0.717) is 0 Å². The van der Waals surface area contributed by atoms with E-state index in [4.69, 9.17) is 4.42 Å². The lowest BCUT2D eigenvalue weighted by atomic mass is 10.0. The Balaban J connectivity index is 2.46. The number of hydrogen-bond acceptors (Lipinski definition) is 1. The van der Waals surface area contributed by atoms with Gasteiger partial charge in [-0.3, -0.25) is 0 Å². The van der Waals surface area contributed by atoms with E-state index in [0.717, 1.165) is 12.0 Å². The van der Waals surface area contributed by atoms with Crippen molar-refractivity contribution in [3.8, 4) is 0 Å². The summed E-state index contributed by atoms with van der Waals surface area (Å²) in [6.45, 7) is 3.78. The van der Waals surface area contributed by atoms with Gasteiger partial charge in [0.2, 0.25) is 0 Å². The van der Waals surface area contributed by atoms with E-state index in [1.807, 2.05) is 18.4 Å². The number of furan rings is 1. The molecule has 1 heterocycles. The van der Waals surface area contributed by atoms with E-state index in [-0.39, 0.29) is 0 Å². The van der Waals surface area contributed by atoms with Crippen LogP contribution in [0, 0.1) is 0 Å². The van der Waals surface area contributed by atoms with Crippen molar-refractivity contribution in [1.29, 1.82) is 0 Å². The standard InChI is InChI=1S/C15H12O/c1-2-5-12-10-16-14-9-8-11-6-3-4-7-13(11)15(12)14/h2-4,6-10H,1,5H2. The molecule has 0 fully saturated rings. The van der Waals surface area contributed by atoms with Gasteiger partial charge in [-0.15, -0.1) is 6.58 Å². The number of allylic oxidation sites excluding steroid dienone is 1. The largest absolute Gasteiger partial charge is 0.464 e. The number of rotatable bonds is 2. The molecule has 0 N–H and O–H groups in total. The molecule has 16 heavy (non-hydrogen) atoms. The molecule has 2 aromatic carbocycles. The van der Waals surface area contributed by atoms with Crippen LogP contribution < -0.4 is 0 Å². The molecule has 0 bridgehead atoms. The van der Waals surface area contributed by atoms with Crippen molar-refractivity contribution in [1.82, 2.24) is 0 Å². The van der Waals surface area contributed by atoms with E-state index < -0.39 is 0 Å². The van der Waals surface area contributed by atoms with Gasteiger partial charge in [0.05, 0.1) is 6.26 Å². The summed E-state index contributed by atoms with van der Waals surface area (Å²) in [5.41, 5.74) is 2.16. The number of fused-ring (bicyclic) bond motifs is 3. The third-order valence-electron chi connectivity index (χ3n) is 2.90. The summed E-state index contributed by atoms with van der Waals surface area (Å²) in [6, 6.07) is 12.5. The lowest BCUT2D eigenvalue weighted by Gasteiger charge is -2.00. The summed E-state index contributed by atoms with van der Waals surface area (Å²) in [6.07, 6.45) is 4.59. The fourth-order valence-electron chi connectivity index (χ4n) is 2.18. The molecule has 0 radical (unpaired) electrons. The Morgan fingerprint density at radius 3 is 2.88 bits per heavy atom. The van der Waals surface area contributed by atoms with Crippen LogP contribution in [0.15, 0.2) is 59.7 Å². The first-order chi connectivity index (χ1) is 7.90. The van der Waals surface area contributed by atoms with Gasteiger partial charge in [-0.2, -0.15) is 0 Å². The van der Waals surface area contributed by atoms with Crippen molar-refractivity contribution in [3.05, 3.63) is 60.9 Å². The van der Waals surface area contributed by atoms with Gasteiger partial charge in [0.15, 0.2) is 0 Å². The molecule has 0 saturated carbocycles. The highest BCUT2D eigenvalue weighted by Crippen LogP contribution is 2.29. The number of hydrogen-bond donors (Lipinski definition) is 0. The zero-order valence-corrected chi connectivity index (χ0v) is 8.94. The maximum Gasteiger partial charge on any atom is 0.134 e. The molecule has 3 rings (SSSR count). The van der Waals surface area contributed by atoms with Gasteiger partial charge in [0.1, 0.15) is 5.58 Å². The van der Waals surface area contributed by atoms with Crippen LogP contribution >= 0.6 is 0 Å². The van der Waals surface area contributed by atoms with Gasteiger partial charge in [-0.1, -0.05) is 36.4 Å². The maximum absolute atomic E-state index is 5.56. The molecule has 0 aliphatic rings. The Morgan fingerprint density at radius 2 is 2.00 bits per heavy atom. The highest BCUT2D eigenvalue weighted by atomic mass is 16.3. The van der Waals surface area contributed by atoms with Crippen molar-refractivity contribution in [2.75, 3.05) is 0 Å². The van der Waals surface area contributed by atoms with Crippen LogP contribution in [0.4, 0.5) is 0 Å². The Labute approximate surface area is 94.0 Å². The highest BCUT2D eigenvalue weighted by molar-refractivity contribution is 6.07. The van der Waals surface area contributed by atoms with Gasteiger partial charge in [0.25, 0.3) is 0 Å². The third-order valence-corrected chi connectivity index (χ3v) is 2.90. The molecule has 1 nitrogen and oxygen atoms in total. The zero-order chi connectivity index (χ0) is 11.0. The molecule has 78 valence electrons. The van der Waals surface area contributed by atoms with E-state index >= 15 is 0 Å². The van der Waals surface area contributed by atoms with Crippen molar-refractivity contribution in [2.24, 2.45) is 0 Å². The average Bonchev–Trinajstić information content (AvgIpc) is 2.73. The second kappa shape index (κ2) is 3.53. The fourth-order valence-corrected chi connectivity index (χ4v) is 2.18. The highest BCUT2D eigenvalue weighted by Gasteiger charge is 2.07. The van der Waals surface area contributed by atoms with Crippen molar-refractivity contribution < 1.29 is 4.42 Å². The second-order valence-electron chi connectivity index (χ2n) is 3.91. The van der Waals surface area contributed by atoms with Crippen LogP contribution in [0.5, 0.6) is 0 Å². The van der Waals surface area contributed by atoms with Gasteiger partial charge in [-0.05, 0) is 23.3 Å². The van der Waals surface area contributed by atoms with Crippen LogP contribution in [0.2, 0.25) is 0 Å². The smallest absolute Gasteiger partial charge is 0.134 e. The zero-order valence-electron chi connectivity index (χ0n) is 8.94. The normalized spacial score (nSPS) is 11.0.